The largest absolute Gasteiger partial charge is 0.349 e. The molecule has 3 aromatic rings. The molecule has 6 nitrogen and oxygen atoms in total. The number of carbonyl (C=O) groups excluding carboxylic acids is 2. The van der Waals surface area contributed by atoms with E-state index in [1.807, 2.05) is 48.5 Å². The first-order valence-electron chi connectivity index (χ1n) is 10.1. The molecule has 1 fully saturated rings. The number of aromatic nitrogens is 1. The minimum atomic E-state index is -0.224. The Morgan fingerprint density at radius 3 is 2.40 bits per heavy atom. The zero-order valence-corrected chi connectivity index (χ0v) is 16.5. The lowest BCUT2D eigenvalue weighted by Gasteiger charge is -2.19. The molecule has 0 aliphatic heterocycles. The molecule has 1 aliphatic carbocycles. The van der Waals surface area contributed by atoms with Crippen LogP contribution < -0.4 is 16.0 Å². The van der Waals surface area contributed by atoms with Crippen LogP contribution in [0.15, 0.2) is 79.0 Å². The highest BCUT2D eigenvalue weighted by atomic mass is 16.2. The van der Waals surface area contributed by atoms with E-state index in [1.54, 1.807) is 30.5 Å². The molecule has 1 aromatic heterocycles. The third kappa shape index (κ3) is 5.10. The van der Waals surface area contributed by atoms with Gasteiger partial charge in [-0.3, -0.25) is 19.9 Å². The van der Waals surface area contributed by atoms with Crippen molar-refractivity contribution in [2.45, 2.75) is 24.9 Å². The second-order valence-corrected chi connectivity index (χ2v) is 7.32. The lowest BCUT2D eigenvalue weighted by Crippen LogP contribution is -2.33. The van der Waals surface area contributed by atoms with Gasteiger partial charge in [0.1, 0.15) is 0 Å². The minimum absolute atomic E-state index is 0.0781. The predicted molar refractivity (Wildman–Crippen MR) is 116 cm³/mol. The highest BCUT2D eigenvalue weighted by molar-refractivity contribution is 6.04. The van der Waals surface area contributed by atoms with Crippen molar-refractivity contribution in [1.29, 1.82) is 0 Å². The molecule has 3 N–H and O–H groups in total. The smallest absolute Gasteiger partial charge is 0.253 e. The van der Waals surface area contributed by atoms with Gasteiger partial charge >= 0.3 is 0 Å². The van der Waals surface area contributed by atoms with E-state index in [1.165, 1.54) is 0 Å². The lowest BCUT2D eigenvalue weighted by molar-refractivity contribution is -0.115. The van der Waals surface area contributed by atoms with Gasteiger partial charge in [-0.15, -0.1) is 0 Å². The van der Waals surface area contributed by atoms with E-state index in [4.69, 9.17) is 0 Å². The Labute approximate surface area is 175 Å². The SMILES string of the molecule is O=C(CNC(c1ccccc1)c1ccccn1)Nc1ccccc1C(=O)NC1CC1. The van der Waals surface area contributed by atoms with E-state index in [0.29, 0.717) is 11.3 Å². The fourth-order valence-corrected chi connectivity index (χ4v) is 3.26. The van der Waals surface area contributed by atoms with Crippen molar-refractivity contribution in [3.63, 3.8) is 0 Å². The molecule has 2 amide bonds. The predicted octanol–water partition coefficient (Wildman–Crippen LogP) is 3.29. The average molecular weight is 400 g/mol. The summed E-state index contributed by atoms with van der Waals surface area (Å²) >= 11 is 0. The maximum absolute atomic E-state index is 12.7. The fourth-order valence-electron chi connectivity index (χ4n) is 3.26. The van der Waals surface area contributed by atoms with E-state index < -0.39 is 0 Å². The van der Waals surface area contributed by atoms with E-state index >= 15 is 0 Å². The Morgan fingerprint density at radius 2 is 1.67 bits per heavy atom. The summed E-state index contributed by atoms with van der Waals surface area (Å²) in [6.07, 6.45) is 3.76. The summed E-state index contributed by atoms with van der Waals surface area (Å²) in [5.74, 6) is -0.379. The van der Waals surface area contributed by atoms with E-state index in [0.717, 1.165) is 24.1 Å². The molecule has 0 saturated heterocycles. The molecule has 4 rings (SSSR count). The van der Waals surface area contributed by atoms with Crippen LogP contribution in [0.3, 0.4) is 0 Å². The summed E-state index contributed by atoms with van der Waals surface area (Å²) in [4.78, 5) is 29.6. The number of nitrogens with zero attached hydrogens (tertiary/aromatic N) is 1. The van der Waals surface area contributed by atoms with Crippen molar-refractivity contribution in [1.82, 2.24) is 15.6 Å². The molecular weight excluding hydrogens is 376 g/mol. The first kappa shape index (κ1) is 19.8. The third-order valence-electron chi connectivity index (χ3n) is 4.94. The van der Waals surface area contributed by atoms with Crippen molar-refractivity contribution >= 4 is 17.5 Å². The molecule has 1 atom stereocenters. The highest BCUT2D eigenvalue weighted by Gasteiger charge is 2.25. The summed E-state index contributed by atoms with van der Waals surface area (Å²) in [6, 6.07) is 22.7. The van der Waals surface area contributed by atoms with Crippen LogP contribution in [-0.2, 0) is 4.79 Å². The van der Waals surface area contributed by atoms with Gasteiger partial charge in [-0.05, 0) is 42.7 Å². The highest BCUT2D eigenvalue weighted by Crippen LogP contribution is 2.22. The van der Waals surface area contributed by atoms with Crippen molar-refractivity contribution in [2.24, 2.45) is 0 Å². The molecule has 0 bridgehead atoms. The molecule has 1 saturated carbocycles. The van der Waals surface area contributed by atoms with Crippen LogP contribution in [0.4, 0.5) is 5.69 Å². The van der Waals surface area contributed by atoms with Crippen molar-refractivity contribution in [2.75, 3.05) is 11.9 Å². The molecule has 1 aliphatic rings. The Bertz CT molecular complexity index is 964. The zero-order chi connectivity index (χ0) is 20.8. The van der Waals surface area contributed by atoms with Gasteiger partial charge in [-0.2, -0.15) is 0 Å². The minimum Gasteiger partial charge on any atom is -0.349 e. The summed E-state index contributed by atoms with van der Waals surface area (Å²) in [5, 5.41) is 9.11. The summed E-state index contributed by atoms with van der Waals surface area (Å²) in [7, 11) is 0. The zero-order valence-electron chi connectivity index (χ0n) is 16.5. The quantitative estimate of drug-likeness (QED) is 0.542. The molecule has 1 heterocycles. The standard InChI is InChI=1S/C24H24N4O2/c29-22(28-20-11-5-4-10-19(20)24(30)27-18-13-14-18)16-26-23(17-8-2-1-3-9-17)21-12-6-7-15-25-21/h1-12,15,18,23,26H,13-14,16H2,(H,27,30)(H,28,29). The summed E-state index contributed by atoms with van der Waals surface area (Å²) in [5.41, 5.74) is 2.84. The topological polar surface area (TPSA) is 83.1 Å². The van der Waals surface area contributed by atoms with Gasteiger partial charge in [0.15, 0.2) is 0 Å². The van der Waals surface area contributed by atoms with Gasteiger partial charge in [0.2, 0.25) is 5.91 Å². The van der Waals surface area contributed by atoms with Crippen LogP contribution in [0.2, 0.25) is 0 Å². The number of para-hydroxylation sites is 1. The van der Waals surface area contributed by atoms with Crippen molar-refractivity contribution in [3.05, 3.63) is 95.8 Å². The first-order chi connectivity index (χ1) is 14.7. The number of hydrogen-bond donors (Lipinski definition) is 3. The Hall–Kier alpha value is -3.51. The molecule has 152 valence electrons. The maximum Gasteiger partial charge on any atom is 0.253 e. The Morgan fingerprint density at radius 1 is 0.933 bits per heavy atom. The van der Waals surface area contributed by atoms with Gasteiger partial charge in [0.05, 0.1) is 29.5 Å². The fraction of sp³-hybridized carbons (Fsp3) is 0.208. The molecule has 30 heavy (non-hydrogen) atoms. The second-order valence-electron chi connectivity index (χ2n) is 7.32. The van der Waals surface area contributed by atoms with Crippen LogP contribution in [0.1, 0.15) is 40.5 Å². The number of hydrogen-bond acceptors (Lipinski definition) is 4. The summed E-state index contributed by atoms with van der Waals surface area (Å²) in [6.45, 7) is 0.0781. The number of rotatable bonds is 8. The van der Waals surface area contributed by atoms with Crippen molar-refractivity contribution in [3.8, 4) is 0 Å². The normalized spacial score (nSPS) is 14.0. The molecular formula is C24H24N4O2. The van der Waals surface area contributed by atoms with Gasteiger partial charge in [-0.25, -0.2) is 0 Å². The average Bonchev–Trinajstić information content (AvgIpc) is 3.60. The second kappa shape index (κ2) is 9.33. The molecule has 6 heteroatoms. The number of carbonyl (C=O) groups is 2. The van der Waals surface area contributed by atoms with Crippen molar-refractivity contribution < 1.29 is 9.59 Å². The molecule has 0 radical (unpaired) electrons. The number of anilines is 1. The van der Waals surface area contributed by atoms with E-state index in [9.17, 15) is 9.59 Å². The van der Waals surface area contributed by atoms with Crippen LogP contribution >= 0.6 is 0 Å². The Kier molecular flexibility index (Phi) is 6.15. The van der Waals surface area contributed by atoms with Gasteiger partial charge in [0, 0.05) is 12.2 Å². The van der Waals surface area contributed by atoms with Gasteiger partial charge < -0.3 is 10.6 Å². The van der Waals surface area contributed by atoms with Gasteiger partial charge in [-0.1, -0.05) is 48.5 Å². The van der Waals surface area contributed by atoms with Crippen LogP contribution in [-0.4, -0.2) is 29.4 Å². The first-order valence-corrected chi connectivity index (χ1v) is 10.1. The summed E-state index contributed by atoms with van der Waals surface area (Å²) < 4.78 is 0. The monoisotopic (exact) mass is 400 g/mol. The molecule has 1 unspecified atom stereocenters. The molecule has 0 spiro atoms. The number of nitrogens with one attached hydrogen (secondary N) is 3. The molecule has 2 aromatic carbocycles. The Balaban J connectivity index is 1.44. The van der Waals surface area contributed by atoms with Crippen LogP contribution in [0, 0.1) is 0 Å². The number of benzene rings is 2. The number of pyridine rings is 1. The lowest BCUT2D eigenvalue weighted by atomic mass is 10.0. The van der Waals surface area contributed by atoms with E-state index in [2.05, 4.69) is 20.9 Å². The van der Waals surface area contributed by atoms with Crippen LogP contribution in [0.5, 0.6) is 0 Å². The van der Waals surface area contributed by atoms with E-state index in [-0.39, 0.29) is 30.4 Å². The number of amides is 2. The third-order valence-corrected chi connectivity index (χ3v) is 4.94. The van der Waals surface area contributed by atoms with Crippen LogP contribution in [0.25, 0.3) is 0 Å². The van der Waals surface area contributed by atoms with Gasteiger partial charge in [0.25, 0.3) is 5.91 Å². The maximum atomic E-state index is 12.7.